The number of nitrogens with two attached hydrogens (primary N) is 1. The maximum Gasteiger partial charge on any atom is 0.416 e. The van der Waals surface area contributed by atoms with E-state index in [1.165, 1.54) is 24.3 Å². The summed E-state index contributed by atoms with van der Waals surface area (Å²) in [6.45, 7) is 0.307. The van der Waals surface area contributed by atoms with Crippen molar-refractivity contribution in [2.45, 2.75) is 18.7 Å². The predicted octanol–water partition coefficient (Wildman–Crippen LogP) is 4.31. The topological polar surface area (TPSA) is 35.2 Å². The van der Waals surface area contributed by atoms with Gasteiger partial charge in [-0.3, -0.25) is 0 Å². The van der Waals surface area contributed by atoms with Gasteiger partial charge in [0.15, 0.2) is 0 Å². The van der Waals surface area contributed by atoms with Gasteiger partial charge < -0.3 is 10.5 Å². The molecule has 1 atom stereocenters. The summed E-state index contributed by atoms with van der Waals surface area (Å²) in [5.74, 6) is -0.133. The Labute approximate surface area is 125 Å². The molecule has 0 spiro atoms. The standard InChI is InChI=1S/C16H15F4NO/c17-13-3-1-2-11(10-13)15(8-9-21)22-14-6-4-12(5-7-14)16(18,19)20/h1-7,10,15H,8-9,21H2/t15-/m0/s1. The van der Waals surface area contributed by atoms with E-state index in [0.29, 0.717) is 18.5 Å². The molecular formula is C16H15F4NO. The van der Waals surface area contributed by atoms with Crippen LogP contribution in [0.5, 0.6) is 5.75 Å². The molecule has 0 unspecified atom stereocenters. The van der Waals surface area contributed by atoms with Gasteiger partial charge >= 0.3 is 6.18 Å². The molecule has 0 saturated heterocycles. The van der Waals surface area contributed by atoms with Crippen molar-refractivity contribution in [2.24, 2.45) is 5.73 Å². The fourth-order valence-electron chi connectivity index (χ4n) is 2.04. The molecule has 0 fully saturated rings. The van der Waals surface area contributed by atoms with Crippen LogP contribution < -0.4 is 10.5 Å². The summed E-state index contributed by atoms with van der Waals surface area (Å²) in [7, 11) is 0. The molecular weight excluding hydrogens is 298 g/mol. The summed E-state index contributed by atoms with van der Waals surface area (Å²) >= 11 is 0. The lowest BCUT2D eigenvalue weighted by Gasteiger charge is -2.19. The van der Waals surface area contributed by atoms with E-state index < -0.39 is 23.7 Å². The Balaban J connectivity index is 2.18. The largest absolute Gasteiger partial charge is 0.486 e. The van der Waals surface area contributed by atoms with Crippen molar-refractivity contribution in [3.63, 3.8) is 0 Å². The zero-order chi connectivity index (χ0) is 16.2. The molecule has 0 amide bonds. The molecule has 2 rings (SSSR count). The molecule has 2 N–H and O–H groups in total. The second kappa shape index (κ2) is 6.79. The van der Waals surface area contributed by atoms with Crippen molar-refractivity contribution in [1.82, 2.24) is 0 Å². The molecule has 2 aromatic rings. The minimum Gasteiger partial charge on any atom is -0.486 e. The smallest absolute Gasteiger partial charge is 0.416 e. The maximum atomic E-state index is 13.3. The first-order chi connectivity index (χ1) is 10.4. The van der Waals surface area contributed by atoms with E-state index in [1.807, 2.05) is 0 Å². The van der Waals surface area contributed by atoms with E-state index in [0.717, 1.165) is 12.1 Å². The van der Waals surface area contributed by atoms with Gasteiger partial charge in [0, 0.05) is 6.42 Å². The summed E-state index contributed by atoms with van der Waals surface area (Å²) in [4.78, 5) is 0. The van der Waals surface area contributed by atoms with Gasteiger partial charge in [-0.1, -0.05) is 12.1 Å². The molecule has 2 nitrogen and oxygen atoms in total. The van der Waals surface area contributed by atoms with Crippen LogP contribution in [0.15, 0.2) is 48.5 Å². The van der Waals surface area contributed by atoms with Crippen LogP contribution in [0.3, 0.4) is 0 Å². The van der Waals surface area contributed by atoms with E-state index in [-0.39, 0.29) is 5.75 Å². The number of hydrogen-bond donors (Lipinski definition) is 1. The average Bonchev–Trinajstić information content (AvgIpc) is 2.46. The van der Waals surface area contributed by atoms with Gasteiger partial charge in [0.05, 0.1) is 5.56 Å². The molecule has 118 valence electrons. The Morgan fingerprint density at radius 1 is 1.05 bits per heavy atom. The lowest BCUT2D eigenvalue weighted by atomic mass is 10.1. The first-order valence-corrected chi connectivity index (χ1v) is 6.69. The number of rotatable bonds is 5. The zero-order valence-electron chi connectivity index (χ0n) is 11.6. The van der Waals surface area contributed by atoms with Crippen molar-refractivity contribution < 1.29 is 22.3 Å². The Kier molecular flexibility index (Phi) is 5.03. The average molecular weight is 313 g/mol. The highest BCUT2D eigenvalue weighted by Gasteiger charge is 2.30. The van der Waals surface area contributed by atoms with E-state index >= 15 is 0 Å². The van der Waals surface area contributed by atoms with Crippen LogP contribution in [0.25, 0.3) is 0 Å². The molecule has 0 aliphatic rings. The van der Waals surface area contributed by atoms with Gasteiger partial charge in [0.25, 0.3) is 0 Å². The normalized spacial score (nSPS) is 13.0. The minimum absolute atomic E-state index is 0.274. The number of hydrogen-bond acceptors (Lipinski definition) is 2. The monoisotopic (exact) mass is 313 g/mol. The van der Waals surface area contributed by atoms with E-state index in [2.05, 4.69) is 0 Å². The quantitative estimate of drug-likeness (QED) is 0.835. The van der Waals surface area contributed by atoms with E-state index in [9.17, 15) is 17.6 Å². The molecule has 0 aromatic heterocycles. The van der Waals surface area contributed by atoms with E-state index in [1.54, 1.807) is 12.1 Å². The molecule has 22 heavy (non-hydrogen) atoms. The van der Waals surface area contributed by atoms with Crippen LogP contribution in [0.4, 0.5) is 17.6 Å². The third kappa shape index (κ3) is 4.21. The van der Waals surface area contributed by atoms with Gasteiger partial charge in [0.1, 0.15) is 17.7 Å². The summed E-state index contributed by atoms with van der Waals surface area (Å²) in [6, 6.07) is 10.2. The molecule has 6 heteroatoms. The molecule has 0 radical (unpaired) electrons. The van der Waals surface area contributed by atoms with Gasteiger partial charge in [-0.15, -0.1) is 0 Å². The summed E-state index contributed by atoms with van der Waals surface area (Å²) in [6.07, 6.45) is -4.49. The summed E-state index contributed by atoms with van der Waals surface area (Å²) < 4.78 is 56.5. The Bertz CT molecular complexity index is 610. The van der Waals surface area contributed by atoms with Gasteiger partial charge in [-0.2, -0.15) is 13.2 Å². The molecule has 0 bridgehead atoms. The van der Waals surface area contributed by atoms with Crippen LogP contribution in [0.1, 0.15) is 23.7 Å². The Morgan fingerprint density at radius 2 is 1.73 bits per heavy atom. The lowest BCUT2D eigenvalue weighted by molar-refractivity contribution is -0.137. The zero-order valence-corrected chi connectivity index (χ0v) is 11.6. The third-order valence-electron chi connectivity index (χ3n) is 3.11. The fourth-order valence-corrected chi connectivity index (χ4v) is 2.04. The SMILES string of the molecule is NCC[C@H](Oc1ccc(C(F)(F)F)cc1)c1cccc(F)c1. The van der Waals surface area contributed by atoms with Crippen LogP contribution in [-0.2, 0) is 6.18 Å². The van der Waals surface area contributed by atoms with Crippen LogP contribution in [-0.4, -0.2) is 6.54 Å². The fraction of sp³-hybridized carbons (Fsp3) is 0.250. The van der Waals surface area contributed by atoms with Crippen molar-refractivity contribution in [2.75, 3.05) is 6.54 Å². The summed E-state index contributed by atoms with van der Waals surface area (Å²) in [5, 5.41) is 0. The van der Waals surface area contributed by atoms with Crippen LogP contribution in [0.2, 0.25) is 0 Å². The van der Waals surface area contributed by atoms with Crippen molar-refractivity contribution in [1.29, 1.82) is 0 Å². The highest BCUT2D eigenvalue weighted by Crippen LogP contribution is 2.31. The van der Waals surface area contributed by atoms with Gasteiger partial charge in [0.2, 0.25) is 0 Å². The second-order valence-electron chi connectivity index (χ2n) is 4.76. The summed E-state index contributed by atoms with van der Waals surface area (Å²) in [5.41, 5.74) is 5.36. The Morgan fingerprint density at radius 3 is 2.27 bits per heavy atom. The van der Waals surface area contributed by atoms with Crippen LogP contribution >= 0.6 is 0 Å². The van der Waals surface area contributed by atoms with Crippen LogP contribution in [0, 0.1) is 5.82 Å². The van der Waals surface area contributed by atoms with Crippen molar-refractivity contribution >= 4 is 0 Å². The number of ether oxygens (including phenoxy) is 1. The Hall–Kier alpha value is -2.08. The van der Waals surface area contributed by atoms with Crippen molar-refractivity contribution in [3.8, 4) is 5.75 Å². The first kappa shape index (κ1) is 16.3. The highest BCUT2D eigenvalue weighted by atomic mass is 19.4. The molecule has 0 heterocycles. The molecule has 0 saturated carbocycles. The lowest BCUT2D eigenvalue weighted by Crippen LogP contribution is -2.13. The highest BCUT2D eigenvalue weighted by molar-refractivity contribution is 5.30. The van der Waals surface area contributed by atoms with Gasteiger partial charge in [-0.05, 0) is 48.5 Å². The molecule has 2 aromatic carbocycles. The maximum absolute atomic E-state index is 13.3. The predicted molar refractivity (Wildman–Crippen MR) is 74.9 cm³/mol. The second-order valence-corrected chi connectivity index (χ2v) is 4.76. The van der Waals surface area contributed by atoms with E-state index in [4.69, 9.17) is 10.5 Å². The number of benzene rings is 2. The van der Waals surface area contributed by atoms with Gasteiger partial charge in [-0.25, -0.2) is 4.39 Å². The molecule has 0 aliphatic heterocycles. The van der Waals surface area contributed by atoms with Crippen molar-refractivity contribution in [3.05, 3.63) is 65.5 Å². The minimum atomic E-state index is -4.39. The third-order valence-corrected chi connectivity index (χ3v) is 3.11. The molecule has 0 aliphatic carbocycles. The number of halogens is 4. The number of alkyl halides is 3. The first-order valence-electron chi connectivity index (χ1n) is 6.69.